The predicted molar refractivity (Wildman–Crippen MR) is 115 cm³/mol. The number of rotatable bonds is 4. The first-order chi connectivity index (χ1) is 14.6. The third-order valence-electron chi connectivity index (χ3n) is 5.22. The number of halogens is 3. The molecule has 1 aliphatic heterocycles. The topological polar surface area (TPSA) is 45.7 Å². The summed E-state index contributed by atoms with van der Waals surface area (Å²) in [7, 11) is 0. The van der Waals surface area contributed by atoms with Crippen LogP contribution < -0.4 is 9.64 Å². The average molecular weight is 445 g/mol. The Morgan fingerprint density at radius 2 is 1.74 bits per heavy atom. The van der Waals surface area contributed by atoms with Gasteiger partial charge in [0.25, 0.3) is 0 Å². The van der Waals surface area contributed by atoms with Crippen LogP contribution in [-0.4, -0.2) is 32.8 Å². The van der Waals surface area contributed by atoms with Crippen molar-refractivity contribution in [3.63, 3.8) is 0 Å². The number of hydrogen-bond donors (Lipinski definition) is 0. The number of carbonyl (C=O) groups is 1. The standard InChI is InChI=1S/C22H18F3N3O2S/c1-21(2)19(31)28(15-7-9-16(10-8-15)30-22(23,24)25)20(29)27(21)13-14-11-12-26-18-6-4-3-5-17(14)18/h3-12H,13H2,1-2H3. The maximum atomic E-state index is 13.3. The van der Waals surface area contributed by atoms with Gasteiger partial charge in [-0.15, -0.1) is 13.2 Å². The summed E-state index contributed by atoms with van der Waals surface area (Å²) in [5.41, 5.74) is 1.34. The zero-order chi connectivity index (χ0) is 22.4. The number of amides is 2. The minimum absolute atomic E-state index is 0.306. The number of hydrogen-bond acceptors (Lipinski definition) is 4. The summed E-state index contributed by atoms with van der Waals surface area (Å²) in [5, 5.41) is 0.937. The second kappa shape index (κ2) is 7.49. The van der Waals surface area contributed by atoms with Crippen LogP contribution in [0.15, 0.2) is 60.8 Å². The van der Waals surface area contributed by atoms with E-state index in [1.807, 2.05) is 44.2 Å². The largest absolute Gasteiger partial charge is 0.573 e. The summed E-state index contributed by atoms with van der Waals surface area (Å²) in [6.07, 6.45) is -3.09. The third-order valence-corrected chi connectivity index (χ3v) is 5.90. The minimum atomic E-state index is -4.79. The molecule has 0 N–H and O–H groups in total. The van der Waals surface area contributed by atoms with E-state index in [1.165, 1.54) is 17.0 Å². The Balaban J connectivity index is 1.64. The molecule has 2 amide bonds. The Hall–Kier alpha value is -3.20. The molecular weight excluding hydrogens is 427 g/mol. The molecular formula is C22H18F3N3O2S. The molecule has 0 bridgehead atoms. The molecule has 1 aliphatic rings. The zero-order valence-electron chi connectivity index (χ0n) is 16.7. The first-order valence-electron chi connectivity index (χ1n) is 9.42. The Kier molecular flexibility index (Phi) is 5.09. The van der Waals surface area contributed by atoms with Gasteiger partial charge in [0.15, 0.2) is 0 Å². The highest BCUT2D eigenvalue weighted by Gasteiger charge is 2.48. The lowest BCUT2D eigenvalue weighted by Crippen LogP contribution is -2.43. The van der Waals surface area contributed by atoms with Crippen molar-refractivity contribution in [1.29, 1.82) is 0 Å². The fourth-order valence-electron chi connectivity index (χ4n) is 3.59. The molecule has 1 aromatic heterocycles. The average Bonchev–Trinajstić information content (AvgIpc) is 2.87. The number of aromatic nitrogens is 1. The summed E-state index contributed by atoms with van der Waals surface area (Å²) in [6, 6.07) is 14.2. The van der Waals surface area contributed by atoms with Crippen molar-refractivity contribution in [2.75, 3.05) is 4.90 Å². The molecule has 4 rings (SSSR count). The van der Waals surface area contributed by atoms with Crippen LogP contribution in [0, 0.1) is 0 Å². The van der Waals surface area contributed by atoms with Crippen LogP contribution in [0.5, 0.6) is 5.75 Å². The number of para-hydroxylation sites is 1. The third kappa shape index (κ3) is 3.93. The number of anilines is 1. The number of urea groups is 1. The van der Waals surface area contributed by atoms with E-state index in [4.69, 9.17) is 12.2 Å². The molecule has 3 aromatic rings. The SMILES string of the molecule is CC1(C)C(=S)N(c2ccc(OC(F)(F)F)cc2)C(=O)N1Cc1ccnc2ccccc12. The number of ether oxygens (including phenoxy) is 1. The molecule has 5 nitrogen and oxygen atoms in total. The van der Waals surface area contributed by atoms with Crippen molar-refractivity contribution >= 4 is 39.8 Å². The molecule has 0 spiro atoms. The molecule has 9 heteroatoms. The molecule has 0 unspecified atom stereocenters. The van der Waals surface area contributed by atoms with Crippen LogP contribution in [0.4, 0.5) is 23.7 Å². The number of carbonyl (C=O) groups excluding carboxylic acids is 1. The van der Waals surface area contributed by atoms with Crippen LogP contribution in [0.25, 0.3) is 10.9 Å². The van der Waals surface area contributed by atoms with Crippen LogP contribution in [0.1, 0.15) is 19.4 Å². The van der Waals surface area contributed by atoms with E-state index in [2.05, 4.69) is 9.72 Å². The van der Waals surface area contributed by atoms with Gasteiger partial charge in [-0.25, -0.2) is 4.79 Å². The number of fused-ring (bicyclic) bond motifs is 1. The summed E-state index contributed by atoms with van der Waals surface area (Å²) in [6.45, 7) is 4.00. The van der Waals surface area contributed by atoms with E-state index >= 15 is 0 Å². The van der Waals surface area contributed by atoms with Gasteiger partial charge in [-0.05, 0) is 55.8 Å². The fourth-order valence-corrected chi connectivity index (χ4v) is 3.88. The first kappa shape index (κ1) is 21.0. The van der Waals surface area contributed by atoms with Crippen molar-refractivity contribution in [2.45, 2.75) is 32.3 Å². The number of benzene rings is 2. The summed E-state index contributed by atoms with van der Waals surface area (Å²) >= 11 is 5.59. The lowest BCUT2D eigenvalue weighted by atomic mass is 10.0. The van der Waals surface area contributed by atoms with Crippen molar-refractivity contribution in [1.82, 2.24) is 9.88 Å². The van der Waals surface area contributed by atoms with Gasteiger partial charge in [0.1, 0.15) is 10.7 Å². The first-order valence-corrected chi connectivity index (χ1v) is 9.83. The highest BCUT2D eigenvalue weighted by atomic mass is 32.1. The van der Waals surface area contributed by atoms with Crippen molar-refractivity contribution in [3.8, 4) is 5.75 Å². The van der Waals surface area contributed by atoms with Gasteiger partial charge in [0.2, 0.25) is 0 Å². The van der Waals surface area contributed by atoms with Gasteiger partial charge >= 0.3 is 12.4 Å². The highest BCUT2D eigenvalue weighted by Crippen LogP contribution is 2.36. The zero-order valence-corrected chi connectivity index (χ0v) is 17.5. The minimum Gasteiger partial charge on any atom is -0.406 e. The lowest BCUT2D eigenvalue weighted by molar-refractivity contribution is -0.274. The molecule has 31 heavy (non-hydrogen) atoms. The van der Waals surface area contributed by atoms with Crippen LogP contribution in [0.3, 0.4) is 0 Å². The van der Waals surface area contributed by atoms with Gasteiger partial charge in [-0.3, -0.25) is 9.88 Å². The van der Waals surface area contributed by atoms with Gasteiger partial charge in [0, 0.05) is 18.1 Å². The highest BCUT2D eigenvalue weighted by molar-refractivity contribution is 7.81. The Labute approximate surface area is 182 Å². The Morgan fingerprint density at radius 1 is 1.06 bits per heavy atom. The quantitative estimate of drug-likeness (QED) is 0.485. The predicted octanol–water partition coefficient (Wildman–Crippen LogP) is 5.68. The van der Waals surface area contributed by atoms with Crippen molar-refractivity contribution < 1.29 is 22.7 Å². The Morgan fingerprint density at radius 3 is 2.42 bits per heavy atom. The molecule has 1 saturated heterocycles. The number of thiocarbonyl (C=S) groups is 1. The second-order valence-electron chi connectivity index (χ2n) is 7.60. The van der Waals surface area contributed by atoms with Gasteiger partial charge in [-0.2, -0.15) is 0 Å². The van der Waals surface area contributed by atoms with Gasteiger partial charge in [-0.1, -0.05) is 30.4 Å². The number of nitrogens with zero attached hydrogens (tertiary/aromatic N) is 3. The monoisotopic (exact) mass is 445 g/mol. The van der Waals surface area contributed by atoms with Gasteiger partial charge < -0.3 is 9.64 Å². The van der Waals surface area contributed by atoms with E-state index in [0.717, 1.165) is 28.6 Å². The number of alkyl halides is 3. The maximum absolute atomic E-state index is 13.3. The number of pyridine rings is 1. The summed E-state index contributed by atoms with van der Waals surface area (Å²) in [4.78, 5) is 21.0. The smallest absolute Gasteiger partial charge is 0.406 e. The molecule has 0 saturated carbocycles. The van der Waals surface area contributed by atoms with E-state index < -0.39 is 11.9 Å². The van der Waals surface area contributed by atoms with E-state index in [9.17, 15) is 18.0 Å². The van der Waals surface area contributed by atoms with E-state index in [1.54, 1.807) is 11.1 Å². The van der Waals surface area contributed by atoms with Crippen molar-refractivity contribution in [3.05, 3.63) is 66.4 Å². The molecule has 160 valence electrons. The van der Waals surface area contributed by atoms with Crippen molar-refractivity contribution in [2.24, 2.45) is 0 Å². The molecule has 2 heterocycles. The normalized spacial score (nSPS) is 16.3. The van der Waals surface area contributed by atoms with Crippen LogP contribution in [-0.2, 0) is 6.54 Å². The second-order valence-corrected chi connectivity index (χ2v) is 7.98. The molecule has 0 aliphatic carbocycles. The molecule has 0 radical (unpaired) electrons. The summed E-state index contributed by atoms with van der Waals surface area (Å²) < 4.78 is 41.2. The molecule has 0 atom stereocenters. The van der Waals surface area contributed by atoms with E-state index in [-0.39, 0.29) is 11.8 Å². The van der Waals surface area contributed by atoms with Crippen LogP contribution in [0.2, 0.25) is 0 Å². The van der Waals surface area contributed by atoms with Crippen LogP contribution >= 0.6 is 12.2 Å². The maximum Gasteiger partial charge on any atom is 0.573 e. The lowest BCUT2D eigenvalue weighted by Gasteiger charge is -2.29. The molecule has 1 fully saturated rings. The Bertz CT molecular complexity index is 1160. The molecule has 2 aromatic carbocycles. The van der Waals surface area contributed by atoms with E-state index in [0.29, 0.717) is 17.2 Å². The fraction of sp³-hybridized carbons (Fsp3) is 0.227. The summed E-state index contributed by atoms with van der Waals surface area (Å²) in [5.74, 6) is -0.367. The van der Waals surface area contributed by atoms with Gasteiger partial charge in [0.05, 0.1) is 16.7 Å².